The van der Waals surface area contributed by atoms with Crippen LogP contribution >= 0.6 is 0 Å². The number of hydrogen-bond acceptors (Lipinski definition) is 2. The largest absolute Gasteiger partial charge is 0.347 e. The first-order valence-electron chi connectivity index (χ1n) is 7.51. The van der Waals surface area contributed by atoms with Crippen molar-refractivity contribution in [1.82, 2.24) is 10.2 Å². The van der Waals surface area contributed by atoms with E-state index in [1.165, 1.54) is 11.1 Å². The van der Waals surface area contributed by atoms with Crippen LogP contribution in [0.1, 0.15) is 31.4 Å². The second kappa shape index (κ2) is 6.40. The fourth-order valence-corrected chi connectivity index (χ4v) is 2.98. The highest BCUT2D eigenvalue weighted by molar-refractivity contribution is 5.81. The Morgan fingerprint density at radius 2 is 1.80 bits per heavy atom. The van der Waals surface area contributed by atoms with Crippen molar-refractivity contribution < 1.29 is 4.79 Å². The molecule has 1 amide bonds. The van der Waals surface area contributed by atoms with Crippen molar-refractivity contribution in [3.63, 3.8) is 0 Å². The Hall–Kier alpha value is -1.35. The molecule has 110 valence electrons. The lowest BCUT2D eigenvalue weighted by Crippen LogP contribution is -2.48. The van der Waals surface area contributed by atoms with Crippen LogP contribution in [0.5, 0.6) is 0 Å². The van der Waals surface area contributed by atoms with Gasteiger partial charge in [0.05, 0.1) is 6.04 Å². The molecule has 1 N–H and O–H groups in total. The lowest BCUT2D eigenvalue weighted by molar-refractivity contribution is -0.131. The number of carbonyl (C=O) groups excluding carboxylic acids is 1. The summed E-state index contributed by atoms with van der Waals surface area (Å²) in [5.74, 6) is 0.704. The molecule has 0 aromatic heterocycles. The third-order valence-electron chi connectivity index (χ3n) is 3.93. The molecule has 1 aliphatic rings. The van der Waals surface area contributed by atoms with Crippen molar-refractivity contribution in [2.75, 3.05) is 14.1 Å². The summed E-state index contributed by atoms with van der Waals surface area (Å²) in [6.07, 6.45) is 2.96. The van der Waals surface area contributed by atoms with E-state index in [9.17, 15) is 4.79 Å². The molecule has 1 atom stereocenters. The van der Waals surface area contributed by atoms with E-state index in [4.69, 9.17) is 0 Å². The first-order chi connectivity index (χ1) is 9.47. The molecule has 3 nitrogen and oxygen atoms in total. The van der Waals surface area contributed by atoms with Gasteiger partial charge in [-0.25, -0.2) is 0 Å². The summed E-state index contributed by atoms with van der Waals surface area (Å²) in [4.78, 5) is 14.0. The summed E-state index contributed by atoms with van der Waals surface area (Å²) >= 11 is 0. The zero-order valence-corrected chi connectivity index (χ0v) is 13.0. The Kier molecular flexibility index (Phi) is 4.81. The minimum absolute atomic E-state index is 0.0655. The quantitative estimate of drug-likeness (QED) is 0.893. The second-order valence-electron chi connectivity index (χ2n) is 6.46. The van der Waals surface area contributed by atoms with E-state index in [0.717, 1.165) is 19.3 Å². The van der Waals surface area contributed by atoms with Gasteiger partial charge in [0.15, 0.2) is 0 Å². The highest BCUT2D eigenvalue weighted by Crippen LogP contribution is 2.22. The summed E-state index contributed by atoms with van der Waals surface area (Å²) in [5.41, 5.74) is 2.84. The average Bonchev–Trinajstić information content (AvgIpc) is 2.78. The highest BCUT2D eigenvalue weighted by Gasteiger charge is 2.27. The molecule has 0 spiro atoms. The summed E-state index contributed by atoms with van der Waals surface area (Å²) in [6.45, 7) is 4.34. The average molecular weight is 274 g/mol. The molecule has 0 aliphatic heterocycles. The molecule has 0 saturated carbocycles. The van der Waals surface area contributed by atoms with Crippen molar-refractivity contribution in [2.45, 2.75) is 45.2 Å². The van der Waals surface area contributed by atoms with Gasteiger partial charge in [0.2, 0.25) is 5.91 Å². The van der Waals surface area contributed by atoms with Crippen LogP contribution in [0.15, 0.2) is 24.3 Å². The zero-order chi connectivity index (χ0) is 14.7. The van der Waals surface area contributed by atoms with Crippen LogP contribution in [0.4, 0.5) is 0 Å². The van der Waals surface area contributed by atoms with Crippen LogP contribution in [0, 0.1) is 5.92 Å². The van der Waals surface area contributed by atoms with Gasteiger partial charge in [-0.2, -0.15) is 0 Å². The topological polar surface area (TPSA) is 32.3 Å². The minimum Gasteiger partial charge on any atom is -0.347 e. The summed E-state index contributed by atoms with van der Waals surface area (Å²) in [7, 11) is 3.67. The number of carbonyl (C=O) groups is 1. The third kappa shape index (κ3) is 3.60. The van der Waals surface area contributed by atoms with Gasteiger partial charge >= 0.3 is 0 Å². The number of benzene rings is 1. The van der Waals surface area contributed by atoms with Crippen molar-refractivity contribution in [2.24, 2.45) is 5.92 Å². The summed E-state index contributed by atoms with van der Waals surface area (Å²) < 4.78 is 0. The SMILES string of the molecule is CC(C)CC(NC1Cc2ccccc2C1)C(=O)N(C)C. The van der Waals surface area contributed by atoms with Crippen LogP contribution in [0.2, 0.25) is 0 Å². The van der Waals surface area contributed by atoms with Crippen LogP contribution in [0.3, 0.4) is 0 Å². The van der Waals surface area contributed by atoms with Crippen molar-refractivity contribution in [1.29, 1.82) is 0 Å². The number of rotatable bonds is 5. The Bertz CT molecular complexity index is 443. The monoisotopic (exact) mass is 274 g/mol. The number of fused-ring (bicyclic) bond motifs is 1. The lowest BCUT2D eigenvalue weighted by Gasteiger charge is -2.26. The normalized spacial score (nSPS) is 16.2. The van der Waals surface area contributed by atoms with Gasteiger partial charge in [-0.05, 0) is 36.3 Å². The van der Waals surface area contributed by atoms with E-state index >= 15 is 0 Å². The van der Waals surface area contributed by atoms with Crippen LogP contribution < -0.4 is 5.32 Å². The van der Waals surface area contributed by atoms with Gasteiger partial charge in [-0.1, -0.05) is 38.1 Å². The van der Waals surface area contributed by atoms with Gasteiger partial charge in [-0.3, -0.25) is 4.79 Å². The van der Waals surface area contributed by atoms with Crippen molar-refractivity contribution >= 4 is 5.91 Å². The molecule has 0 bridgehead atoms. The fraction of sp³-hybridized carbons (Fsp3) is 0.588. The molecule has 3 heteroatoms. The second-order valence-corrected chi connectivity index (χ2v) is 6.46. The van der Waals surface area contributed by atoms with E-state index < -0.39 is 0 Å². The van der Waals surface area contributed by atoms with Gasteiger partial charge in [0.1, 0.15) is 0 Å². The molecule has 0 saturated heterocycles. The molecule has 1 aromatic carbocycles. The van der Waals surface area contributed by atoms with E-state index in [1.54, 1.807) is 4.90 Å². The van der Waals surface area contributed by atoms with Crippen LogP contribution in [-0.2, 0) is 17.6 Å². The van der Waals surface area contributed by atoms with Crippen LogP contribution in [-0.4, -0.2) is 37.0 Å². The first kappa shape index (κ1) is 15.0. The molecule has 1 aromatic rings. The van der Waals surface area contributed by atoms with Gasteiger partial charge in [0.25, 0.3) is 0 Å². The molecule has 20 heavy (non-hydrogen) atoms. The van der Waals surface area contributed by atoms with Crippen molar-refractivity contribution in [3.8, 4) is 0 Å². The molecule has 0 radical (unpaired) electrons. The van der Waals surface area contributed by atoms with E-state index in [1.807, 2.05) is 14.1 Å². The minimum atomic E-state index is -0.0655. The maximum absolute atomic E-state index is 12.3. The molecule has 2 rings (SSSR count). The Balaban J connectivity index is 2.01. The van der Waals surface area contributed by atoms with Crippen LogP contribution in [0.25, 0.3) is 0 Å². The Morgan fingerprint density at radius 3 is 2.25 bits per heavy atom. The number of hydrogen-bond donors (Lipinski definition) is 1. The summed E-state index contributed by atoms with van der Waals surface area (Å²) in [5, 5.41) is 3.58. The maximum atomic E-state index is 12.3. The predicted molar refractivity (Wildman–Crippen MR) is 82.7 cm³/mol. The number of amides is 1. The molecule has 0 fully saturated rings. The maximum Gasteiger partial charge on any atom is 0.239 e. The molecule has 0 heterocycles. The van der Waals surface area contributed by atoms with E-state index in [-0.39, 0.29) is 11.9 Å². The van der Waals surface area contributed by atoms with Gasteiger partial charge in [-0.15, -0.1) is 0 Å². The Morgan fingerprint density at radius 1 is 1.25 bits per heavy atom. The fourth-order valence-electron chi connectivity index (χ4n) is 2.98. The zero-order valence-electron chi connectivity index (χ0n) is 13.0. The third-order valence-corrected chi connectivity index (χ3v) is 3.93. The van der Waals surface area contributed by atoms with Crippen molar-refractivity contribution in [3.05, 3.63) is 35.4 Å². The van der Waals surface area contributed by atoms with Gasteiger partial charge in [0, 0.05) is 20.1 Å². The lowest BCUT2D eigenvalue weighted by atomic mass is 10.0. The highest BCUT2D eigenvalue weighted by atomic mass is 16.2. The first-order valence-corrected chi connectivity index (χ1v) is 7.51. The number of nitrogens with zero attached hydrogens (tertiary/aromatic N) is 1. The standard InChI is InChI=1S/C17H26N2O/c1-12(2)9-16(17(20)19(3)4)18-15-10-13-7-5-6-8-14(13)11-15/h5-8,12,15-16,18H,9-11H2,1-4H3. The number of nitrogens with one attached hydrogen (secondary N) is 1. The molecular formula is C17H26N2O. The number of likely N-dealkylation sites (N-methyl/N-ethyl adjacent to an activating group) is 1. The molecule has 1 unspecified atom stereocenters. The molecule has 1 aliphatic carbocycles. The summed E-state index contributed by atoms with van der Waals surface area (Å²) in [6, 6.07) is 8.91. The van der Waals surface area contributed by atoms with E-state index in [0.29, 0.717) is 12.0 Å². The predicted octanol–water partition coefficient (Wildman–Crippen LogP) is 2.25. The van der Waals surface area contributed by atoms with E-state index in [2.05, 4.69) is 43.4 Å². The molecular weight excluding hydrogens is 248 g/mol. The Labute approximate surface area is 122 Å². The van der Waals surface area contributed by atoms with Gasteiger partial charge < -0.3 is 10.2 Å². The smallest absolute Gasteiger partial charge is 0.239 e.